The highest BCUT2D eigenvalue weighted by Crippen LogP contribution is 2.45. The minimum absolute atomic E-state index is 0.145. The summed E-state index contributed by atoms with van der Waals surface area (Å²) in [7, 11) is 2.76. The zero-order chi connectivity index (χ0) is 33.7. The number of esters is 3. The predicted octanol–water partition coefficient (Wildman–Crippen LogP) is 3.05. The van der Waals surface area contributed by atoms with Crippen molar-refractivity contribution in [2.75, 3.05) is 27.4 Å². The fraction of sp³-hybridized carbons (Fsp3) is 0.455. The second kappa shape index (κ2) is 17.6. The molecular weight excluding hydrogens is 618 g/mol. The van der Waals surface area contributed by atoms with Gasteiger partial charge >= 0.3 is 17.9 Å². The summed E-state index contributed by atoms with van der Waals surface area (Å²) in [6, 6.07) is 15.0. The van der Waals surface area contributed by atoms with Crippen LogP contribution in [0.4, 0.5) is 0 Å². The summed E-state index contributed by atoms with van der Waals surface area (Å²) in [5.74, 6) is 0.409. The number of amides is 1. The Hall–Kier alpha value is -4.09. The van der Waals surface area contributed by atoms with Crippen LogP contribution < -0.4 is 10.1 Å². The van der Waals surface area contributed by atoms with E-state index in [0.29, 0.717) is 10.6 Å². The molecule has 0 spiro atoms. The Morgan fingerprint density at radius 2 is 1.74 bits per heavy atom. The van der Waals surface area contributed by atoms with Gasteiger partial charge in [-0.25, -0.2) is 4.79 Å². The van der Waals surface area contributed by atoms with Crippen molar-refractivity contribution in [3.05, 3.63) is 60.2 Å². The van der Waals surface area contributed by atoms with Crippen LogP contribution in [0.3, 0.4) is 0 Å². The topological polar surface area (TPSA) is 145 Å². The van der Waals surface area contributed by atoms with Crippen molar-refractivity contribution >= 4 is 35.6 Å². The van der Waals surface area contributed by atoms with Crippen LogP contribution in [0, 0.1) is 12.3 Å². The van der Waals surface area contributed by atoms with E-state index in [1.807, 2.05) is 18.2 Å². The van der Waals surface area contributed by atoms with Gasteiger partial charge in [-0.2, -0.15) is 0 Å². The molecule has 1 fully saturated rings. The molecule has 1 heterocycles. The summed E-state index contributed by atoms with van der Waals surface area (Å²) in [4.78, 5) is 49.8. The van der Waals surface area contributed by atoms with Crippen molar-refractivity contribution in [1.82, 2.24) is 5.32 Å². The molecule has 1 N–H and O–H groups in total. The first kappa shape index (κ1) is 36.4. The lowest BCUT2D eigenvalue weighted by molar-refractivity contribution is -0.223. The number of thioether (sulfide) groups is 1. The highest BCUT2D eigenvalue weighted by Gasteiger charge is 2.58. The number of nitrogens with one attached hydrogen (secondary N) is 1. The lowest BCUT2D eigenvalue weighted by Gasteiger charge is -2.48. The number of carbonyl (C=O) groups is 4. The normalized spacial score (nSPS) is 22.0. The first-order valence-corrected chi connectivity index (χ1v) is 15.2. The van der Waals surface area contributed by atoms with Crippen molar-refractivity contribution in [2.24, 2.45) is 0 Å². The molecule has 1 saturated heterocycles. The summed E-state index contributed by atoms with van der Waals surface area (Å²) in [6.07, 6.45) is 0.471. The summed E-state index contributed by atoms with van der Waals surface area (Å²) in [5.41, 5.74) is 0.824. The van der Waals surface area contributed by atoms with Crippen molar-refractivity contribution < 1.29 is 52.3 Å². The highest BCUT2D eigenvalue weighted by atomic mass is 32.2. The van der Waals surface area contributed by atoms with E-state index in [2.05, 4.69) is 11.2 Å². The molecule has 248 valence electrons. The summed E-state index contributed by atoms with van der Waals surface area (Å²) in [5, 5.41) is 2.76. The Bertz CT molecular complexity index is 1360. The van der Waals surface area contributed by atoms with Gasteiger partial charge in [0.15, 0.2) is 6.10 Å². The monoisotopic (exact) mass is 657 g/mol. The van der Waals surface area contributed by atoms with Gasteiger partial charge < -0.3 is 38.5 Å². The minimum Gasteiger partial charge on any atom is -0.497 e. The Morgan fingerprint density at radius 1 is 1.04 bits per heavy atom. The molecule has 2 aromatic carbocycles. The van der Waals surface area contributed by atoms with E-state index in [4.69, 9.17) is 39.6 Å². The Kier molecular flexibility index (Phi) is 13.9. The molecule has 13 heteroatoms. The quantitative estimate of drug-likeness (QED) is 0.171. The third-order valence-corrected chi connectivity index (χ3v) is 8.11. The molecule has 0 aromatic heterocycles. The summed E-state index contributed by atoms with van der Waals surface area (Å²) in [6.45, 7) is 3.48. The van der Waals surface area contributed by atoms with Crippen LogP contribution in [0.5, 0.6) is 5.75 Å². The van der Waals surface area contributed by atoms with Gasteiger partial charge in [-0.15, -0.1) is 6.42 Å². The van der Waals surface area contributed by atoms with Crippen LogP contribution in [-0.4, -0.2) is 86.6 Å². The number of hydrogen-bond donors (Lipinski definition) is 1. The van der Waals surface area contributed by atoms with Crippen molar-refractivity contribution in [1.29, 1.82) is 0 Å². The van der Waals surface area contributed by atoms with Crippen LogP contribution >= 0.6 is 11.8 Å². The Labute approximate surface area is 272 Å². The molecule has 12 nitrogen and oxygen atoms in total. The first-order valence-electron chi connectivity index (χ1n) is 14.4. The maximum atomic E-state index is 13.6. The van der Waals surface area contributed by atoms with E-state index in [9.17, 15) is 19.2 Å². The highest BCUT2D eigenvalue weighted by molar-refractivity contribution is 8.01. The minimum atomic E-state index is -1.81. The average Bonchev–Trinajstić information content (AvgIpc) is 3.02. The van der Waals surface area contributed by atoms with Crippen LogP contribution in [0.1, 0.15) is 32.8 Å². The van der Waals surface area contributed by atoms with E-state index in [1.165, 1.54) is 27.9 Å². The van der Waals surface area contributed by atoms with Crippen LogP contribution in [0.15, 0.2) is 59.5 Å². The fourth-order valence-electron chi connectivity index (χ4n) is 4.98. The van der Waals surface area contributed by atoms with E-state index in [1.54, 1.807) is 43.5 Å². The number of terminal acetylenes is 1. The number of carbonyl (C=O) groups excluding carboxylic acids is 4. The van der Waals surface area contributed by atoms with Gasteiger partial charge in [-0.3, -0.25) is 14.4 Å². The third kappa shape index (κ3) is 10.2. The zero-order valence-electron chi connectivity index (χ0n) is 26.4. The summed E-state index contributed by atoms with van der Waals surface area (Å²) < 4.78 is 40.4. The largest absolute Gasteiger partial charge is 0.497 e. The van der Waals surface area contributed by atoms with Gasteiger partial charge in [0.25, 0.3) is 0 Å². The number of methoxy groups -OCH3 is 2. The van der Waals surface area contributed by atoms with E-state index >= 15 is 0 Å². The fourth-order valence-corrected chi connectivity index (χ4v) is 6.23. The lowest BCUT2D eigenvalue weighted by Crippen LogP contribution is -2.67. The molecule has 0 aliphatic carbocycles. The summed E-state index contributed by atoms with van der Waals surface area (Å²) >= 11 is 1.03. The van der Waals surface area contributed by atoms with Crippen molar-refractivity contribution in [3.8, 4) is 18.1 Å². The maximum absolute atomic E-state index is 13.6. The van der Waals surface area contributed by atoms with Gasteiger partial charge in [0.1, 0.15) is 30.7 Å². The van der Waals surface area contributed by atoms with E-state index in [0.717, 1.165) is 17.3 Å². The smallest absolute Gasteiger partial charge is 0.349 e. The second-order valence-electron chi connectivity index (χ2n) is 10.3. The molecule has 1 aliphatic rings. The van der Waals surface area contributed by atoms with Gasteiger partial charge in [-0.05, 0) is 29.8 Å². The predicted molar refractivity (Wildman–Crippen MR) is 166 cm³/mol. The van der Waals surface area contributed by atoms with Gasteiger partial charge in [-0.1, -0.05) is 48.0 Å². The molecule has 1 amide bonds. The number of hydrogen-bond acceptors (Lipinski definition) is 12. The third-order valence-electron chi connectivity index (χ3n) is 6.84. The molecule has 0 saturated carbocycles. The molecule has 0 radical (unpaired) electrons. The first-order chi connectivity index (χ1) is 22.0. The van der Waals surface area contributed by atoms with Crippen LogP contribution in [-0.2, 0) is 54.2 Å². The number of rotatable bonds is 15. The molecule has 0 bridgehead atoms. The molecule has 6 atom stereocenters. The number of benzene rings is 2. The molecule has 46 heavy (non-hydrogen) atoms. The molecular formula is C33H39NO11S. The molecule has 2 aromatic rings. The number of ether oxygens (including phenoxy) is 7. The van der Waals surface area contributed by atoms with Gasteiger partial charge in [0.2, 0.25) is 10.8 Å². The van der Waals surface area contributed by atoms with Crippen LogP contribution in [0.2, 0.25) is 0 Å². The van der Waals surface area contributed by atoms with Crippen LogP contribution in [0.25, 0.3) is 0 Å². The second-order valence-corrected chi connectivity index (χ2v) is 11.6. The van der Waals surface area contributed by atoms with Gasteiger partial charge in [0, 0.05) is 32.1 Å². The average molecular weight is 658 g/mol. The zero-order valence-corrected chi connectivity index (χ0v) is 27.2. The Balaban J connectivity index is 2.09. The molecule has 0 unspecified atom stereocenters. The molecule has 1 aliphatic heterocycles. The van der Waals surface area contributed by atoms with E-state index in [-0.39, 0.29) is 26.2 Å². The SMILES string of the molecule is C#CCO[C@H](COCc1ccc(OC)cc1)[C@@H](OC(C)=O)[C@@H]1O[C@@](Sc2ccccc2)(C(=O)OC)C[C@H](OC(C)=O)[C@H]1NC(C)=O. The molecule has 3 rings (SSSR count). The van der Waals surface area contributed by atoms with E-state index < -0.39 is 59.2 Å². The Morgan fingerprint density at radius 3 is 2.30 bits per heavy atom. The van der Waals surface area contributed by atoms with Gasteiger partial charge in [0.05, 0.1) is 33.5 Å². The lowest BCUT2D eigenvalue weighted by atomic mass is 9.89. The standard InChI is InChI=1S/C33H39NO11S/c1-7-17-42-28(20-41-19-24-13-15-25(39-5)16-14-24)30(44-23(4)37)31-29(34-21(2)35)27(43-22(3)36)18-33(45-31,32(38)40-6)46-26-11-9-8-10-12-26/h1,8-16,27-31H,17-20H2,2-6H3,(H,34,35)/t27-,28+,29+,30+,31+,33-/m0/s1. The maximum Gasteiger partial charge on any atom is 0.349 e. The van der Waals surface area contributed by atoms with Crippen molar-refractivity contribution in [2.45, 2.75) is 74.1 Å². The van der Waals surface area contributed by atoms with Crippen molar-refractivity contribution in [3.63, 3.8) is 0 Å².